The number of carboxylic acid groups (broad SMARTS) is 1. The van der Waals surface area contributed by atoms with Crippen molar-refractivity contribution in [3.63, 3.8) is 0 Å². The highest BCUT2D eigenvalue weighted by molar-refractivity contribution is 8.01. The van der Waals surface area contributed by atoms with E-state index in [0.717, 1.165) is 0 Å². The Morgan fingerprint density at radius 1 is 1.38 bits per heavy atom. The molecule has 0 amide bonds. The number of carbonyl (C=O) groups excluding carboxylic acids is 1. The largest absolute Gasteiger partial charge is 0.480 e. The molecule has 0 spiro atoms. The maximum absolute atomic E-state index is 11.4. The summed E-state index contributed by atoms with van der Waals surface area (Å²) in [5.74, 6) is -0.506. The molecule has 3 nitrogen and oxygen atoms in total. The highest BCUT2D eigenvalue weighted by Gasteiger charge is 2.22. The number of ketones is 1. The van der Waals surface area contributed by atoms with Crippen molar-refractivity contribution in [1.29, 1.82) is 0 Å². The van der Waals surface area contributed by atoms with Gasteiger partial charge in [0.2, 0.25) is 0 Å². The number of aliphatic carboxylic acids is 1. The van der Waals surface area contributed by atoms with E-state index in [4.69, 9.17) is 5.11 Å². The molecule has 1 atom stereocenters. The van der Waals surface area contributed by atoms with Gasteiger partial charge in [-0.3, -0.25) is 9.59 Å². The molecule has 0 aliphatic carbocycles. The second-order valence-corrected chi connectivity index (χ2v) is 5.29. The molecule has 76 valence electrons. The molecule has 0 aromatic rings. The van der Waals surface area contributed by atoms with E-state index in [9.17, 15) is 9.59 Å². The Balaban J connectivity index is 3.91. The smallest absolute Gasteiger partial charge is 0.316 e. The van der Waals surface area contributed by atoms with E-state index in [1.54, 1.807) is 6.92 Å². The van der Waals surface area contributed by atoms with Gasteiger partial charge in [-0.15, -0.1) is 11.8 Å². The SMILES string of the molecule is CC(SCC(=O)C(C)(C)C)C(=O)O. The van der Waals surface area contributed by atoms with Gasteiger partial charge < -0.3 is 5.11 Å². The van der Waals surface area contributed by atoms with Crippen LogP contribution < -0.4 is 0 Å². The lowest BCUT2D eigenvalue weighted by atomic mass is 9.92. The van der Waals surface area contributed by atoms with E-state index in [1.165, 1.54) is 11.8 Å². The zero-order valence-corrected chi connectivity index (χ0v) is 9.27. The summed E-state index contributed by atoms with van der Waals surface area (Å²) in [5.41, 5.74) is -0.370. The van der Waals surface area contributed by atoms with Crippen LogP contribution in [0.5, 0.6) is 0 Å². The van der Waals surface area contributed by atoms with Crippen molar-refractivity contribution in [2.45, 2.75) is 32.9 Å². The first-order valence-corrected chi connectivity index (χ1v) is 5.17. The van der Waals surface area contributed by atoms with Crippen LogP contribution in [0.15, 0.2) is 0 Å². The van der Waals surface area contributed by atoms with Gasteiger partial charge in [-0.25, -0.2) is 0 Å². The third-order valence-electron chi connectivity index (χ3n) is 1.65. The van der Waals surface area contributed by atoms with E-state index in [1.807, 2.05) is 20.8 Å². The number of carbonyl (C=O) groups is 2. The summed E-state index contributed by atoms with van der Waals surface area (Å²) in [6, 6.07) is 0. The first kappa shape index (κ1) is 12.5. The first-order valence-electron chi connectivity index (χ1n) is 4.13. The monoisotopic (exact) mass is 204 g/mol. The first-order chi connectivity index (χ1) is 5.75. The molecule has 13 heavy (non-hydrogen) atoms. The third-order valence-corrected chi connectivity index (χ3v) is 2.78. The summed E-state index contributed by atoms with van der Waals surface area (Å²) in [6.07, 6.45) is 0. The number of carboxylic acids is 1. The van der Waals surface area contributed by atoms with Crippen LogP contribution in [0.4, 0.5) is 0 Å². The zero-order valence-electron chi connectivity index (χ0n) is 8.46. The summed E-state index contributed by atoms with van der Waals surface area (Å²) in [5, 5.41) is 8.06. The molecule has 0 heterocycles. The molecule has 1 unspecified atom stereocenters. The fourth-order valence-electron chi connectivity index (χ4n) is 0.488. The van der Waals surface area contributed by atoms with Crippen LogP contribution in [0.2, 0.25) is 0 Å². The van der Waals surface area contributed by atoms with Crippen molar-refractivity contribution in [3.8, 4) is 0 Å². The van der Waals surface area contributed by atoms with E-state index >= 15 is 0 Å². The van der Waals surface area contributed by atoms with Gasteiger partial charge in [0, 0.05) is 5.41 Å². The van der Waals surface area contributed by atoms with Gasteiger partial charge in [0.05, 0.1) is 11.0 Å². The minimum absolute atomic E-state index is 0.0885. The van der Waals surface area contributed by atoms with Crippen LogP contribution in [-0.4, -0.2) is 27.9 Å². The molecule has 0 bridgehead atoms. The number of thioether (sulfide) groups is 1. The minimum Gasteiger partial charge on any atom is -0.480 e. The molecule has 0 radical (unpaired) electrons. The van der Waals surface area contributed by atoms with E-state index in [-0.39, 0.29) is 17.0 Å². The summed E-state index contributed by atoms with van der Waals surface area (Å²) in [4.78, 5) is 21.8. The second kappa shape index (κ2) is 4.65. The predicted octanol–water partition coefficient (Wildman–Crippen LogP) is 1.81. The maximum Gasteiger partial charge on any atom is 0.316 e. The van der Waals surface area contributed by atoms with E-state index < -0.39 is 11.2 Å². The Kier molecular flexibility index (Phi) is 4.47. The van der Waals surface area contributed by atoms with Crippen LogP contribution in [-0.2, 0) is 9.59 Å². The Hall–Kier alpha value is -0.510. The Morgan fingerprint density at radius 2 is 1.85 bits per heavy atom. The lowest BCUT2D eigenvalue weighted by Gasteiger charge is -2.16. The molecule has 0 fully saturated rings. The van der Waals surface area contributed by atoms with Crippen molar-refractivity contribution in [2.24, 2.45) is 5.41 Å². The van der Waals surface area contributed by atoms with E-state index in [2.05, 4.69) is 0 Å². The van der Waals surface area contributed by atoms with Gasteiger partial charge >= 0.3 is 5.97 Å². The second-order valence-electron chi connectivity index (χ2n) is 3.96. The fourth-order valence-corrected chi connectivity index (χ4v) is 1.47. The number of rotatable bonds is 4. The highest BCUT2D eigenvalue weighted by Crippen LogP contribution is 2.20. The Morgan fingerprint density at radius 3 is 2.15 bits per heavy atom. The summed E-state index contributed by atoms with van der Waals surface area (Å²) >= 11 is 1.17. The lowest BCUT2D eigenvalue weighted by Crippen LogP contribution is -2.24. The topological polar surface area (TPSA) is 54.4 Å². The summed E-state index contributed by atoms with van der Waals surface area (Å²) < 4.78 is 0. The molecule has 0 aromatic carbocycles. The van der Waals surface area contributed by atoms with Gasteiger partial charge in [0.1, 0.15) is 5.78 Å². The van der Waals surface area contributed by atoms with Gasteiger partial charge in [-0.2, -0.15) is 0 Å². The Bertz CT molecular complexity index is 205. The fraction of sp³-hybridized carbons (Fsp3) is 0.778. The molecule has 0 saturated heterocycles. The summed E-state index contributed by atoms with van der Waals surface area (Å²) in [6.45, 7) is 7.09. The molecule has 0 aliphatic rings. The maximum atomic E-state index is 11.4. The number of hydrogen-bond acceptors (Lipinski definition) is 3. The van der Waals surface area contributed by atoms with Crippen LogP contribution >= 0.6 is 11.8 Å². The molecule has 0 aliphatic heterocycles. The molecule has 4 heteroatoms. The molecule has 1 N–H and O–H groups in total. The predicted molar refractivity (Wildman–Crippen MR) is 54.0 cm³/mol. The number of hydrogen-bond donors (Lipinski definition) is 1. The van der Waals surface area contributed by atoms with E-state index in [0.29, 0.717) is 0 Å². The van der Waals surface area contributed by atoms with Crippen LogP contribution in [0, 0.1) is 5.41 Å². The highest BCUT2D eigenvalue weighted by atomic mass is 32.2. The van der Waals surface area contributed by atoms with Gasteiger partial charge in [-0.1, -0.05) is 20.8 Å². The van der Waals surface area contributed by atoms with Gasteiger partial charge in [0.25, 0.3) is 0 Å². The van der Waals surface area contributed by atoms with Crippen LogP contribution in [0.1, 0.15) is 27.7 Å². The average molecular weight is 204 g/mol. The van der Waals surface area contributed by atoms with Crippen LogP contribution in [0.3, 0.4) is 0 Å². The normalized spacial score (nSPS) is 13.8. The quantitative estimate of drug-likeness (QED) is 0.758. The number of Topliss-reactive ketones (excluding diaryl/α,β-unsaturated/α-hetero) is 1. The van der Waals surface area contributed by atoms with Crippen molar-refractivity contribution in [2.75, 3.05) is 5.75 Å². The third kappa shape index (κ3) is 4.93. The van der Waals surface area contributed by atoms with Crippen molar-refractivity contribution >= 4 is 23.5 Å². The van der Waals surface area contributed by atoms with Gasteiger partial charge in [-0.05, 0) is 6.92 Å². The van der Waals surface area contributed by atoms with Crippen molar-refractivity contribution in [1.82, 2.24) is 0 Å². The minimum atomic E-state index is -0.869. The molecule has 0 aromatic heterocycles. The summed E-state index contributed by atoms with van der Waals surface area (Å²) in [7, 11) is 0. The molecular weight excluding hydrogens is 188 g/mol. The zero-order chi connectivity index (χ0) is 10.6. The van der Waals surface area contributed by atoms with Crippen LogP contribution in [0.25, 0.3) is 0 Å². The average Bonchev–Trinajstić information content (AvgIpc) is 1.97. The molecule has 0 rings (SSSR count). The van der Waals surface area contributed by atoms with Crippen molar-refractivity contribution < 1.29 is 14.7 Å². The molecular formula is C9H16O3S. The Labute approximate surface area is 82.9 Å². The molecule has 0 saturated carbocycles. The van der Waals surface area contributed by atoms with Crippen molar-refractivity contribution in [3.05, 3.63) is 0 Å². The standard InChI is InChI=1S/C9H16O3S/c1-6(8(11)12)13-5-7(10)9(2,3)4/h6H,5H2,1-4H3,(H,11,12). The van der Waals surface area contributed by atoms with Gasteiger partial charge in [0.15, 0.2) is 0 Å². The lowest BCUT2D eigenvalue weighted by molar-refractivity contribution is -0.136.